The molecule has 0 heterocycles. The summed E-state index contributed by atoms with van der Waals surface area (Å²) in [5.74, 6) is 0.421. The topological polar surface area (TPSA) is 61.5 Å². The van der Waals surface area contributed by atoms with E-state index < -0.39 is 5.97 Å². The van der Waals surface area contributed by atoms with Crippen molar-refractivity contribution < 1.29 is 14.3 Å². The molecule has 104 valence electrons. The minimum atomic E-state index is -0.490. The molecule has 0 aliphatic heterocycles. The molecule has 1 aliphatic carbocycles. The smallest absolute Gasteiger partial charge is 0.341 e. The maximum absolute atomic E-state index is 11.7. The van der Waals surface area contributed by atoms with Crippen molar-refractivity contribution in [1.29, 1.82) is 0 Å². The Morgan fingerprint density at radius 3 is 2.74 bits per heavy atom. The van der Waals surface area contributed by atoms with Crippen molar-refractivity contribution in [1.82, 2.24) is 0 Å². The first-order valence-electron chi connectivity index (χ1n) is 6.42. The van der Waals surface area contributed by atoms with Gasteiger partial charge in [0.1, 0.15) is 5.56 Å². The van der Waals surface area contributed by atoms with Gasteiger partial charge in [-0.25, -0.2) is 4.79 Å². The third-order valence-electron chi connectivity index (χ3n) is 3.41. The molecule has 1 aromatic rings. The summed E-state index contributed by atoms with van der Waals surface area (Å²) >= 11 is 6.11. The van der Waals surface area contributed by atoms with E-state index in [1.807, 2.05) is 0 Å². The highest BCUT2D eigenvalue weighted by atomic mass is 35.5. The predicted octanol–water partition coefficient (Wildman–Crippen LogP) is 3.28. The van der Waals surface area contributed by atoms with Gasteiger partial charge in [0, 0.05) is 5.69 Å². The number of esters is 1. The fraction of sp³-hybridized carbons (Fsp3) is 0.500. The molecule has 4 nitrogen and oxygen atoms in total. The molecular formula is C14H18ClNO3. The summed E-state index contributed by atoms with van der Waals surface area (Å²) in [6.07, 6.45) is 4.82. The number of hydrogen-bond donors (Lipinski definition) is 1. The van der Waals surface area contributed by atoms with E-state index in [0.29, 0.717) is 29.0 Å². The zero-order valence-electron chi connectivity index (χ0n) is 10.9. The summed E-state index contributed by atoms with van der Waals surface area (Å²) in [6.45, 7) is 0.577. The summed E-state index contributed by atoms with van der Waals surface area (Å²) in [5.41, 5.74) is 6.39. The van der Waals surface area contributed by atoms with E-state index in [1.54, 1.807) is 6.07 Å². The second kappa shape index (κ2) is 6.15. The Balaban J connectivity index is 2.19. The highest BCUT2D eigenvalue weighted by Crippen LogP contribution is 2.34. The summed E-state index contributed by atoms with van der Waals surface area (Å²) in [7, 11) is 1.32. The molecule has 2 N–H and O–H groups in total. The lowest BCUT2D eigenvalue weighted by atomic mass is 10.1. The molecule has 5 heteroatoms. The molecule has 0 unspecified atom stereocenters. The third kappa shape index (κ3) is 3.32. The monoisotopic (exact) mass is 283 g/mol. The van der Waals surface area contributed by atoms with Crippen LogP contribution in [0.25, 0.3) is 0 Å². The van der Waals surface area contributed by atoms with Gasteiger partial charge in [0.25, 0.3) is 0 Å². The van der Waals surface area contributed by atoms with Gasteiger partial charge in [-0.15, -0.1) is 0 Å². The third-order valence-corrected chi connectivity index (χ3v) is 3.69. The molecular weight excluding hydrogens is 266 g/mol. The second-order valence-corrected chi connectivity index (χ2v) is 5.24. The molecule has 1 fully saturated rings. The summed E-state index contributed by atoms with van der Waals surface area (Å²) in [4.78, 5) is 11.7. The van der Waals surface area contributed by atoms with Crippen molar-refractivity contribution in [3.8, 4) is 5.75 Å². The normalized spacial score (nSPS) is 15.5. The molecule has 1 saturated carbocycles. The second-order valence-electron chi connectivity index (χ2n) is 4.83. The van der Waals surface area contributed by atoms with Gasteiger partial charge in [-0.05, 0) is 30.9 Å². The van der Waals surface area contributed by atoms with E-state index in [9.17, 15) is 4.79 Å². The van der Waals surface area contributed by atoms with E-state index >= 15 is 0 Å². The highest BCUT2D eigenvalue weighted by Gasteiger charge is 2.21. The van der Waals surface area contributed by atoms with Crippen LogP contribution in [-0.4, -0.2) is 19.7 Å². The lowest BCUT2D eigenvalue weighted by Gasteiger charge is -2.15. The zero-order valence-corrected chi connectivity index (χ0v) is 11.7. The van der Waals surface area contributed by atoms with Crippen LogP contribution in [0.5, 0.6) is 5.75 Å². The Morgan fingerprint density at radius 2 is 2.11 bits per heavy atom. The van der Waals surface area contributed by atoms with Crippen LogP contribution in [0.4, 0.5) is 5.69 Å². The maximum atomic E-state index is 11.7. The number of ether oxygens (including phenoxy) is 2. The summed E-state index contributed by atoms with van der Waals surface area (Å²) in [6, 6.07) is 3.11. The highest BCUT2D eigenvalue weighted by molar-refractivity contribution is 6.33. The van der Waals surface area contributed by atoms with E-state index in [2.05, 4.69) is 0 Å². The maximum Gasteiger partial charge on any atom is 0.341 e. The average Bonchev–Trinajstić information content (AvgIpc) is 2.89. The van der Waals surface area contributed by atoms with Gasteiger partial charge in [-0.2, -0.15) is 0 Å². The van der Waals surface area contributed by atoms with Crippen molar-refractivity contribution >= 4 is 23.3 Å². The van der Waals surface area contributed by atoms with Crippen LogP contribution in [0.2, 0.25) is 5.02 Å². The molecule has 2 rings (SSSR count). The molecule has 0 atom stereocenters. The average molecular weight is 284 g/mol. The molecule has 0 spiro atoms. The van der Waals surface area contributed by atoms with E-state index in [0.717, 1.165) is 0 Å². The first kappa shape index (κ1) is 14.0. The van der Waals surface area contributed by atoms with Crippen molar-refractivity contribution in [2.75, 3.05) is 19.5 Å². The Bertz CT molecular complexity index is 470. The number of rotatable bonds is 4. The van der Waals surface area contributed by atoms with E-state index in [4.69, 9.17) is 26.8 Å². The summed E-state index contributed by atoms with van der Waals surface area (Å²) < 4.78 is 10.5. The van der Waals surface area contributed by atoms with Crippen molar-refractivity contribution in [3.05, 3.63) is 22.7 Å². The Kier molecular flexibility index (Phi) is 4.53. The van der Waals surface area contributed by atoms with E-state index in [-0.39, 0.29) is 5.56 Å². The molecule has 0 saturated heterocycles. The molecule has 1 aromatic carbocycles. The minimum absolute atomic E-state index is 0.283. The Hall–Kier alpha value is -1.42. The van der Waals surface area contributed by atoms with Crippen LogP contribution >= 0.6 is 11.6 Å². The standard InChI is InChI=1S/C14H18ClNO3/c1-18-14(17)11-6-10(16)7-12(15)13(11)19-8-9-4-2-3-5-9/h6-7,9H,2-5,8,16H2,1H3. The lowest BCUT2D eigenvalue weighted by molar-refractivity contribution is 0.0595. The Morgan fingerprint density at radius 1 is 1.42 bits per heavy atom. The van der Waals surface area contributed by atoms with Crippen LogP contribution in [0.15, 0.2) is 12.1 Å². The molecule has 0 bridgehead atoms. The number of carbonyl (C=O) groups excluding carboxylic acids is 1. The number of hydrogen-bond acceptors (Lipinski definition) is 4. The van der Waals surface area contributed by atoms with Gasteiger partial charge in [-0.1, -0.05) is 24.4 Å². The van der Waals surface area contributed by atoms with Crippen LogP contribution in [0.3, 0.4) is 0 Å². The number of methoxy groups -OCH3 is 1. The van der Waals surface area contributed by atoms with Gasteiger partial charge < -0.3 is 15.2 Å². The predicted molar refractivity (Wildman–Crippen MR) is 74.7 cm³/mol. The number of benzene rings is 1. The molecule has 0 radical (unpaired) electrons. The largest absolute Gasteiger partial charge is 0.491 e. The van der Waals surface area contributed by atoms with Crippen molar-refractivity contribution in [2.45, 2.75) is 25.7 Å². The van der Waals surface area contributed by atoms with Crippen molar-refractivity contribution in [3.63, 3.8) is 0 Å². The van der Waals surface area contributed by atoms with Crippen LogP contribution < -0.4 is 10.5 Å². The van der Waals surface area contributed by atoms with Crippen molar-refractivity contribution in [2.24, 2.45) is 5.92 Å². The van der Waals surface area contributed by atoms with Crippen LogP contribution in [0.1, 0.15) is 36.0 Å². The number of carbonyl (C=O) groups is 1. The number of nitrogen functional groups attached to an aromatic ring is 1. The first-order valence-corrected chi connectivity index (χ1v) is 6.79. The molecule has 19 heavy (non-hydrogen) atoms. The molecule has 0 aromatic heterocycles. The fourth-order valence-corrected chi connectivity index (χ4v) is 2.68. The molecule has 0 amide bonds. The van der Waals surface area contributed by atoms with Gasteiger partial charge in [-0.3, -0.25) is 0 Å². The zero-order chi connectivity index (χ0) is 13.8. The quantitative estimate of drug-likeness (QED) is 0.680. The van der Waals surface area contributed by atoms with Crippen LogP contribution in [-0.2, 0) is 4.74 Å². The molecule has 1 aliphatic rings. The van der Waals surface area contributed by atoms with Gasteiger partial charge in [0.05, 0.1) is 18.7 Å². The van der Waals surface area contributed by atoms with Crippen LogP contribution in [0, 0.1) is 5.92 Å². The van der Waals surface area contributed by atoms with Gasteiger partial charge >= 0.3 is 5.97 Å². The Labute approximate surface area is 117 Å². The first-order chi connectivity index (χ1) is 9.11. The van der Waals surface area contributed by atoms with Gasteiger partial charge in [0.15, 0.2) is 5.75 Å². The minimum Gasteiger partial charge on any atom is -0.491 e. The van der Waals surface area contributed by atoms with Gasteiger partial charge in [0.2, 0.25) is 0 Å². The summed E-state index contributed by atoms with van der Waals surface area (Å²) in [5, 5.41) is 0.346. The number of nitrogens with two attached hydrogens (primary N) is 1. The lowest BCUT2D eigenvalue weighted by Crippen LogP contribution is -2.12. The van der Waals surface area contributed by atoms with E-state index in [1.165, 1.54) is 38.9 Å². The number of halogens is 1. The number of anilines is 1. The fourth-order valence-electron chi connectivity index (χ4n) is 2.40. The SMILES string of the molecule is COC(=O)c1cc(N)cc(Cl)c1OCC1CCCC1.